The molecule has 2 aliphatic rings. The topological polar surface area (TPSA) is 21.3 Å². The van der Waals surface area contributed by atoms with Crippen molar-refractivity contribution in [3.05, 3.63) is 0 Å². The van der Waals surface area contributed by atoms with Gasteiger partial charge < -0.3 is 10.1 Å². The second kappa shape index (κ2) is 4.97. The standard InChI is InChI=1S/C11H21NO/c1-3-10(4-1)8-13-9-11-5-2-6-12-7-11/h10-12H,1-9H2/t11-/m1/s1. The third kappa shape index (κ3) is 2.96. The lowest BCUT2D eigenvalue weighted by Gasteiger charge is -2.27. The Morgan fingerprint density at radius 1 is 1.00 bits per heavy atom. The van der Waals surface area contributed by atoms with E-state index in [1.165, 1.54) is 45.2 Å². The van der Waals surface area contributed by atoms with Crippen LogP contribution in [-0.4, -0.2) is 26.3 Å². The molecule has 1 aliphatic heterocycles. The van der Waals surface area contributed by atoms with Crippen LogP contribution >= 0.6 is 0 Å². The van der Waals surface area contributed by atoms with Crippen LogP contribution in [0, 0.1) is 11.8 Å². The molecule has 1 saturated carbocycles. The van der Waals surface area contributed by atoms with E-state index in [9.17, 15) is 0 Å². The quantitative estimate of drug-likeness (QED) is 0.717. The fourth-order valence-corrected chi connectivity index (χ4v) is 2.13. The van der Waals surface area contributed by atoms with Crippen molar-refractivity contribution in [2.45, 2.75) is 32.1 Å². The molecule has 0 radical (unpaired) electrons. The van der Waals surface area contributed by atoms with Crippen molar-refractivity contribution in [3.8, 4) is 0 Å². The molecule has 76 valence electrons. The van der Waals surface area contributed by atoms with E-state index in [-0.39, 0.29) is 0 Å². The van der Waals surface area contributed by atoms with Crippen LogP contribution in [0.3, 0.4) is 0 Å². The van der Waals surface area contributed by atoms with E-state index in [1.54, 1.807) is 0 Å². The van der Waals surface area contributed by atoms with Crippen LogP contribution in [0.25, 0.3) is 0 Å². The number of piperidine rings is 1. The van der Waals surface area contributed by atoms with Gasteiger partial charge in [0.25, 0.3) is 0 Å². The summed E-state index contributed by atoms with van der Waals surface area (Å²) in [6.45, 7) is 4.39. The first kappa shape index (κ1) is 9.47. The molecule has 0 bridgehead atoms. The third-order valence-corrected chi connectivity index (χ3v) is 3.33. The van der Waals surface area contributed by atoms with Gasteiger partial charge in [-0.05, 0) is 44.1 Å². The summed E-state index contributed by atoms with van der Waals surface area (Å²) < 4.78 is 5.74. The predicted molar refractivity (Wildman–Crippen MR) is 53.8 cm³/mol. The molecule has 13 heavy (non-hydrogen) atoms. The summed E-state index contributed by atoms with van der Waals surface area (Å²) in [5.74, 6) is 1.69. The molecule has 1 heterocycles. The van der Waals surface area contributed by atoms with Crippen LogP contribution < -0.4 is 5.32 Å². The molecule has 2 fully saturated rings. The van der Waals surface area contributed by atoms with Crippen LogP contribution in [0.2, 0.25) is 0 Å². The summed E-state index contributed by atoms with van der Waals surface area (Å²) >= 11 is 0. The number of ether oxygens (including phenoxy) is 1. The summed E-state index contributed by atoms with van der Waals surface area (Å²) in [6.07, 6.45) is 6.93. The highest BCUT2D eigenvalue weighted by Gasteiger charge is 2.18. The number of nitrogens with one attached hydrogen (secondary N) is 1. The Morgan fingerprint density at radius 2 is 1.77 bits per heavy atom. The van der Waals surface area contributed by atoms with Gasteiger partial charge in [0.05, 0.1) is 6.61 Å². The Labute approximate surface area is 81.0 Å². The minimum Gasteiger partial charge on any atom is -0.381 e. The van der Waals surface area contributed by atoms with Crippen molar-refractivity contribution in [1.82, 2.24) is 5.32 Å². The minimum atomic E-state index is 0.786. The van der Waals surface area contributed by atoms with E-state index in [4.69, 9.17) is 4.74 Å². The van der Waals surface area contributed by atoms with Gasteiger partial charge in [-0.2, -0.15) is 0 Å². The largest absolute Gasteiger partial charge is 0.381 e. The Kier molecular flexibility index (Phi) is 3.62. The summed E-state index contributed by atoms with van der Waals surface area (Å²) in [4.78, 5) is 0. The van der Waals surface area contributed by atoms with E-state index >= 15 is 0 Å². The predicted octanol–water partition coefficient (Wildman–Crippen LogP) is 1.80. The lowest BCUT2D eigenvalue weighted by atomic mass is 9.86. The Balaban J connectivity index is 1.50. The molecule has 1 N–H and O–H groups in total. The van der Waals surface area contributed by atoms with Crippen molar-refractivity contribution in [1.29, 1.82) is 0 Å². The van der Waals surface area contributed by atoms with Crippen LogP contribution in [-0.2, 0) is 4.74 Å². The lowest BCUT2D eigenvalue weighted by Crippen LogP contribution is -2.33. The van der Waals surface area contributed by atoms with Gasteiger partial charge in [-0.25, -0.2) is 0 Å². The van der Waals surface area contributed by atoms with Crippen molar-refractivity contribution in [2.24, 2.45) is 11.8 Å². The second-order valence-corrected chi connectivity index (χ2v) is 4.55. The van der Waals surface area contributed by atoms with E-state index in [1.807, 2.05) is 0 Å². The average molecular weight is 183 g/mol. The maximum Gasteiger partial charge on any atom is 0.0506 e. The van der Waals surface area contributed by atoms with Gasteiger partial charge in [0.1, 0.15) is 0 Å². The molecule has 1 atom stereocenters. The first-order chi connectivity index (χ1) is 6.45. The first-order valence-electron chi connectivity index (χ1n) is 5.73. The minimum absolute atomic E-state index is 0.786. The van der Waals surface area contributed by atoms with Crippen LogP contribution in [0.15, 0.2) is 0 Å². The second-order valence-electron chi connectivity index (χ2n) is 4.55. The monoisotopic (exact) mass is 183 g/mol. The van der Waals surface area contributed by atoms with Crippen molar-refractivity contribution < 1.29 is 4.74 Å². The van der Waals surface area contributed by atoms with Crippen LogP contribution in [0.4, 0.5) is 0 Å². The molecule has 0 aromatic rings. The molecular formula is C11H21NO. The van der Waals surface area contributed by atoms with Gasteiger partial charge in [-0.1, -0.05) is 6.42 Å². The molecule has 0 aromatic carbocycles. The Bertz CT molecular complexity index is 139. The highest BCUT2D eigenvalue weighted by Crippen LogP contribution is 2.26. The summed E-state index contributed by atoms with van der Waals surface area (Å²) in [5, 5.41) is 3.42. The van der Waals surface area contributed by atoms with Crippen LogP contribution in [0.5, 0.6) is 0 Å². The normalized spacial score (nSPS) is 30.0. The smallest absolute Gasteiger partial charge is 0.0506 e. The molecule has 1 aliphatic carbocycles. The first-order valence-corrected chi connectivity index (χ1v) is 5.73. The zero-order valence-electron chi connectivity index (χ0n) is 8.43. The number of hydrogen-bond donors (Lipinski definition) is 1. The lowest BCUT2D eigenvalue weighted by molar-refractivity contribution is 0.0427. The molecule has 0 aromatic heterocycles. The van der Waals surface area contributed by atoms with Crippen molar-refractivity contribution >= 4 is 0 Å². The van der Waals surface area contributed by atoms with E-state index in [0.29, 0.717) is 0 Å². The van der Waals surface area contributed by atoms with Gasteiger partial charge in [-0.15, -0.1) is 0 Å². The maximum atomic E-state index is 5.74. The van der Waals surface area contributed by atoms with Gasteiger partial charge in [0.2, 0.25) is 0 Å². The molecule has 0 unspecified atom stereocenters. The molecule has 2 nitrogen and oxygen atoms in total. The van der Waals surface area contributed by atoms with E-state index in [2.05, 4.69) is 5.32 Å². The molecule has 0 spiro atoms. The Morgan fingerprint density at radius 3 is 2.38 bits per heavy atom. The summed E-state index contributed by atoms with van der Waals surface area (Å²) in [6, 6.07) is 0. The van der Waals surface area contributed by atoms with Crippen molar-refractivity contribution in [3.63, 3.8) is 0 Å². The summed E-state index contributed by atoms with van der Waals surface area (Å²) in [7, 11) is 0. The van der Waals surface area contributed by atoms with Crippen LogP contribution in [0.1, 0.15) is 32.1 Å². The third-order valence-electron chi connectivity index (χ3n) is 3.33. The van der Waals surface area contributed by atoms with Gasteiger partial charge in [0.15, 0.2) is 0 Å². The Hall–Kier alpha value is -0.0800. The molecule has 0 amide bonds. The van der Waals surface area contributed by atoms with Crippen molar-refractivity contribution in [2.75, 3.05) is 26.3 Å². The van der Waals surface area contributed by atoms with E-state index in [0.717, 1.165) is 25.0 Å². The molecule has 2 rings (SSSR count). The zero-order valence-corrected chi connectivity index (χ0v) is 8.43. The zero-order chi connectivity index (χ0) is 8.93. The molecule has 2 heteroatoms. The molecule has 1 saturated heterocycles. The number of rotatable bonds is 4. The van der Waals surface area contributed by atoms with Gasteiger partial charge >= 0.3 is 0 Å². The fraction of sp³-hybridized carbons (Fsp3) is 1.00. The maximum absolute atomic E-state index is 5.74. The average Bonchev–Trinajstić information content (AvgIpc) is 2.11. The fourth-order valence-electron chi connectivity index (χ4n) is 2.13. The van der Waals surface area contributed by atoms with Gasteiger partial charge in [0, 0.05) is 13.2 Å². The highest BCUT2D eigenvalue weighted by atomic mass is 16.5. The highest BCUT2D eigenvalue weighted by molar-refractivity contribution is 4.71. The molecular weight excluding hydrogens is 162 g/mol. The van der Waals surface area contributed by atoms with Gasteiger partial charge in [-0.3, -0.25) is 0 Å². The SMILES string of the molecule is C1CC(COC[C@@H]2CCCNC2)C1. The number of hydrogen-bond acceptors (Lipinski definition) is 2. The van der Waals surface area contributed by atoms with E-state index < -0.39 is 0 Å². The summed E-state index contributed by atoms with van der Waals surface area (Å²) in [5.41, 5.74) is 0.